The fraction of sp³-hybridized carbons (Fsp3) is 0.350. The van der Waals surface area contributed by atoms with E-state index in [0.29, 0.717) is 17.2 Å². The summed E-state index contributed by atoms with van der Waals surface area (Å²) in [6.07, 6.45) is 0.405. The largest absolute Gasteiger partial charge is 0.496 e. The summed E-state index contributed by atoms with van der Waals surface area (Å²) in [5.41, 5.74) is 1.38. The molecule has 2 rings (SSSR count). The highest BCUT2D eigenvalue weighted by Gasteiger charge is 2.20. The number of anilines is 1. The molecule has 0 fully saturated rings. The van der Waals surface area contributed by atoms with Gasteiger partial charge in [0.25, 0.3) is 5.91 Å². The van der Waals surface area contributed by atoms with Crippen molar-refractivity contribution in [1.82, 2.24) is 5.32 Å². The first-order valence-corrected chi connectivity index (χ1v) is 10.6. The van der Waals surface area contributed by atoms with Crippen LogP contribution in [0.4, 0.5) is 5.69 Å². The summed E-state index contributed by atoms with van der Waals surface area (Å²) in [7, 11) is -0.273. The van der Waals surface area contributed by atoms with E-state index in [2.05, 4.69) is 5.32 Å². The molecule has 1 amide bonds. The third-order valence-electron chi connectivity index (χ3n) is 4.34. The highest BCUT2D eigenvalue weighted by atomic mass is 32.2. The number of benzene rings is 2. The van der Waals surface area contributed by atoms with Crippen LogP contribution >= 0.6 is 0 Å². The molecule has 1 N–H and O–H groups in total. The van der Waals surface area contributed by atoms with Gasteiger partial charge in [0.2, 0.25) is 10.0 Å². The summed E-state index contributed by atoms with van der Waals surface area (Å²) in [5, 5.41) is 2.91. The van der Waals surface area contributed by atoms with Crippen LogP contribution in [0.15, 0.2) is 48.5 Å². The molecule has 0 unspecified atom stereocenters. The summed E-state index contributed by atoms with van der Waals surface area (Å²) < 4.78 is 35.3. The van der Waals surface area contributed by atoms with Gasteiger partial charge in [0.1, 0.15) is 11.5 Å². The van der Waals surface area contributed by atoms with Crippen LogP contribution in [-0.4, -0.2) is 40.8 Å². The summed E-state index contributed by atoms with van der Waals surface area (Å²) in [6, 6.07) is 13.7. The average molecular weight is 407 g/mol. The predicted octanol–water partition coefficient (Wildman–Crippen LogP) is 2.74. The number of nitrogens with one attached hydrogen (secondary N) is 1. The van der Waals surface area contributed by atoms with Crippen molar-refractivity contribution in [3.05, 3.63) is 54.1 Å². The first-order valence-electron chi connectivity index (χ1n) is 8.77. The van der Waals surface area contributed by atoms with Crippen molar-refractivity contribution >= 4 is 21.6 Å². The summed E-state index contributed by atoms with van der Waals surface area (Å²) >= 11 is 0. The number of hydrogen-bond donors (Lipinski definition) is 1. The van der Waals surface area contributed by atoms with Crippen LogP contribution in [0.25, 0.3) is 0 Å². The topological polar surface area (TPSA) is 84.9 Å². The van der Waals surface area contributed by atoms with E-state index in [4.69, 9.17) is 9.47 Å². The molecule has 0 aliphatic rings. The molecule has 28 heavy (non-hydrogen) atoms. The number of methoxy groups -OCH3 is 1. The molecular formula is C20H26N2O5S. The maximum Gasteiger partial charge on any atom is 0.261 e. The smallest absolute Gasteiger partial charge is 0.261 e. The molecule has 2 aromatic rings. The van der Waals surface area contributed by atoms with E-state index >= 15 is 0 Å². The van der Waals surface area contributed by atoms with Crippen molar-refractivity contribution in [1.29, 1.82) is 0 Å². The van der Waals surface area contributed by atoms with Crippen LogP contribution in [0.1, 0.15) is 25.5 Å². The molecule has 0 aliphatic heterocycles. The first-order chi connectivity index (χ1) is 13.1. The average Bonchev–Trinajstić information content (AvgIpc) is 2.67. The van der Waals surface area contributed by atoms with Gasteiger partial charge >= 0.3 is 0 Å². The number of rotatable bonds is 8. The van der Waals surface area contributed by atoms with Gasteiger partial charge in [-0.2, -0.15) is 0 Å². The quantitative estimate of drug-likeness (QED) is 0.729. The SMILES string of the molecule is COc1ccccc1[C@H](C)NC(=O)[C@H](C)Oc1ccc(N(C)S(C)(=O)=O)cc1. The number of carbonyl (C=O) groups excluding carboxylic acids is 1. The first kappa shape index (κ1) is 21.6. The molecule has 152 valence electrons. The Morgan fingerprint density at radius 1 is 1.07 bits per heavy atom. The maximum absolute atomic E-state index is 12.5. The molecule has 2 atom stereocenters. The van der Waals surface area contributed by atoms with E-state index in [-0.39, 0.29) is 11.9 Å². The lowest BCUT2D eigenvalue weighted by Gasteiger charge is -2.21. The zero-order chi connectivity index (χ0) is 20.9. The highest BCUT2D eigenvalue weighted by molar-refractivity contribution is 7.92. The van der Waals surface area contributed by atoms with Crippen LogP contribution in [0.5, 0.6) is 11.5 Å². The minimum Gasteiger partial charge on any atom is -0.496 e. The lowest BCUT2D eigenvalue weighted by molar-refractivity contribution is -0.127. The van der Waals surface area contributed by atoms with E-state index < -0.39 is 16.1 Å². The third kappa shape index (κ3) is 5.39. The molecule has 0 bridgehead atoms. The second-order valence-electron chi connectivity index (χ2n) is 6.46. The van der Waals surface area contributed by atoms with Gasteiger partial charge in [-0.05, 0) is 44.2 Å². The Hall–Kier alpha value is -2.74. The maximum atomic E-state index is 12.5. The van der Waals surface area contributed by atoms with Crippen molar-refractivity contribution in [2.45, 2.75) is 26.0 Å². The Morgan fingerprint density at radius 3 is 2.25 bits per heavy atom. The van der Waals surface area contributed by atoms with Crippen molar-refractivity contribution in [2.75, 3.05) is 24.7 Å². The highest BCUT2D eigenvalue weighted by Crippen LogP contribution is 2.25. The molecule has 0 heterocycles. The monoisotopic (exact) mass is 406 g/mol. The Balaban J connectivity index is 2.00. The molecule has 2 aromatic carbocycles. The minimum absolute atomic E-state index is 0.250. The van der Waals surface area contributed by atoms with Gasteiger partial charge < -0.3 is 14.8 Å². The standard InChI is InChI=1S/C20H26N2O5S/c1-14(18-8-6-7-9-19(18)26-4)21-20(23)15(2)27-17-12-10-16(11-13-17)22(3)28(5,24)25/h6-15H,1-5H3,(H,21,23)/t14-,15-/m0/s1. The number of nitrogens with zero attached hydrogens (tertiary/aromatic N) is 1. The van der Waals surface area contributed by atoms with Gasteiger partial charge in [-0.1, -0.05) is 18.2 Å². The van der Waals surface area contributed by atoms with Crippen molar-refractivity contribution in [3.8, 4) is 11.5 Å². The Kier molecular flexibility index (Phi) is 6.90. The molecule has 8 heteroatoms. The van der Waals surface area contributed by atoms with Crippen LogP contribution < -0.4 is 19.1 Å². The summed E-state index contributed by atoms with van der Waals surface area (Å²) in [6.45, 7) is 3.53. The second-order valence-corrected chi connectivity index (χ2v) is 8.47. The minimum atomic E-state index is -3.33. The van der Waals surface area contributed by atoms with Crippen LogP contribution in [0, 0.1) is 0 Å². The summed E-state index contributed by atoms with van der Waals surface area (Å²) in [4.78, 5) is 12.5. The van der Waals surface area contributed by atoms with E-state index in [1.165, 1.54) is 11.4 Å². The Bertz CT molecular complexity index is 912. The molecule has 0 aliphatic carbocycles. The predicted molar refractivity (Wildman–Crippen MR) is 109 cm³/mol. The number of para-hydroxylation sites is 1. The third-order valence-corrected chi connectivity index (χ3v) is 5.55. The molecule has 0 spiro atoms. The second kappa shape index (κ2) is 8.97. The molecule has 7 nitrogen and oxygen atoms in total. The lowest BCUT2D eigenvalue weighted by atomic mass is 10.1. The van der Waals surface area contributed by atoms with Crippen molar-refractivity contribution in [3.63, 3.8) is 0 Å². The zero-order valence-electron chi connectivity index (χ0n) is 16.7. The molecular weight excluding hydrogens is 380 g/mol. The van der Waals surface area contributed by atoms with Gasteiger partial charge in [0.15, 0.2) is 6.10 Å². The Labute approximate surface area is 166 Å². The van der Waals surface area contributed by atoms with Gasteiger partial charge in [-0.15, -0.1) is 0 Å². The number of ether oxygens (including phenoxy) is 2. The molecule has 0 radical (unpaired) electrons. The fourth-order valence-corrected chi connectivity index (χ4v) is 3.12. The van der Waals surface area contributed by atoms with Crippen LogP contribution in [0.2, 0.25) is 0 Å². The molecule has 0 aromatic heterocycles. The van der Waals surface area contributed by atoms with Crippen molar-refractivity contribution < 1.29 is 22.7 Å². The fourth-order valence-electron chi connectivity index (χ4n) is 2.62. The van der Waals surface area contributed by atoms with E-state index in [1.54, 1.807) is 38.3 Å². The molecule has 0 saturated carbocycles. The van der Waals surface area contributed by atoms with Gasteiger partial charge in [0, 0.05) is 12.6 Å². The van der Waals surface area contributed by atoms with Crippen LogP contribution in [-0.2, 0) is 14.8 Å². The Morgan fingerprint density at radius 2 is 1.68 bits per heavy atom. The van der Waals surface area contributed by atoms with Crippen molar-refractivity contribution in [2.24, 2.45) is 0 Å². The lowest BCUT2D eigenvalue weighted by Crippen LogP contribution is -2.37. The zero-order valence-corrected chi connectivity index (χ0v) is 17.5. The van der Waals surface area contributed by atoms with E-state index in [1.807, 2.05) is 31.2 Å². The summed E-state index contributed by atoms with van der Waals surface area (Å²) in [5.74, 6) is 0.906. The van der Waals surface area contributed by atoms with E-state index in [0.717, 1.165) is 11.8 Å². The van der Waals surface area contributed by atoms with Gasteiger partial charge in [0.05, 0.1) is 25.1 Å². The van der Waals surface area contributed by atoms with Gasteiger partial charge in [-0.25, -0.2) is 8.42 Å². The number of amides is 1. The van der Waals surface area contributed by atoms with Crippen LogP contribution in [0.3, 0.4) is 0 Å². The molecule has 0 saturated heterocycles. The number of sulfonamides is 1. The normalized spacial score (nSPS) is 13.3. The van der Waals surface area contributed by atoms with E-state index in [9.17, 15) is 13.2 Å². The number of hydrogen-bond acceptors (Lipinski definition) is 5. The number of carbonyl (C=O) groups is 1. The van der Waals surface area contributed by atoms with Gasteiger partial charge in [-0.3, -0.25) is 9.10 Å².